The number of aryl methyl sites for hydroxylation is 1. The van der Waals surface area contributed by atoms with Crippen molar-refractivity contribution in [2.75, 3.05) is 0 Å². The molecule has 0 fully saturated rings. The number of halogens is 1. The van der Waals surface area contributed by atoms with Crippen LogP contribution in [-0.2, 0) is 4.74 Å². The first kappa shape index (κ1) is 15.4. The van der Waals surface area contributed by atoms with E-state index in [1.165, 1.54) is 6.07 Å². The van der Waals surface area contributed by atoms with Crippen LogP contribution in [0.5, 0.6) is 0 Å². The van der Waals surface area contributed by atoms with Crippen LogP contribution in [0.25, 0.3) is 0 Å². The highest BCUT2D eigenvalue weighted by Crippen LogP contribution is 2.15. The lowest BCUT2D eigenvalue weighted by atomic mass is 10.1. The number of ether oxygens (including phenoxy) is 1. The summed E-state index contributed by atoms with van der Waals surface area (Å²) in [6.07, 6.45) is -0.563. The Kier molecular flexibility index (Phi) is 4.89. The van der Waals surface area contributed by atoms with Crippen molar-refractivity contribution >= 4 is 6.09 Å². The lowest BCUT2D eigenvalue weighted by Crippen LogP contribution is -2.42. The molecule has 2 N–H and O–H groups in total. The molecule has 106 valence electrons. The number of nitrogens with one attached hydrogen (secondary N) is 2. The molecule has 0 aliphatic heterocycles. The number of amides is 1. The van der Waals surface area contributed by atoms with Crippen LogP contribution in [0.3, 0.4) is 0 Å². The molecule has 5 heteroatoms. The van der Waals surface area contributed by atoms with E-state index in [9.17, 15) is 9.18 Å². The number of carbonyl (C=O) groups is 1. The van der Waals surface area contributed by atoms with Crippen molar-refractivity contribution < 1.29 is 13.9 Å². The van der Waals surface area contributed by atoms with E-state index in [0.717, 1.165) is 5.56 Å². The van der Waals surface area contributed by atoms with Gasteiger partial charge in [0.15, 0.2) is 0 Å². The molecule has 0 bridgehead atoms. The second kappa shape index (κ2) is 6.02. The van der Waals surface area contributed by atoms with Crippen molar-refractivity contribution in [3.05, 3.63) is 35.1 Å². The average molecular weight is 268 g/mol. The molecule has 1 aromatic carbocycles. The standard InChI is InChI=1S/C14H21FN2O2/c1-9-6-7-11(8-12(9)15)10(2)16-17-13(18)19-14(3,4)5/h6-8,10,16H,1-5H3,(H,17,18). The third-order valence-electron chi connectivity index (χ3n) is 2.49. The summed E-state index contributed by atoms with van der Waals surface area (Å²) in [6, 6.07) is 4.75. The first-order valence-electron chi connectivity index (χ1n) is 6.19. The van der Waals surface area contributed by atoms with E-state index in [1.807, 2.05) is 13.0 Å². The molecule has 0 aromatic heterocycles. The van der Waals surface area contributed by atoms with Gasteiger partial charge in [0.1, 0.15) is 11.4 Å². The topological polar surface area (TPSA) is 50.4 Å². The van der Waals surface area contributed by atoms with Gasteiger partial charge in [0.05, 0.1) is 0 Å². The summed E-state index contributed by atoms with van der Waals surface area (Å²) in [4.78, 5) is 11.4. The summed E-state index contributed by atoms with van der Waals surface area (Å²) >= 11 is 0. The number of benzene rings is 1. The number of carbonyl (C=O) groups excluding carboxylic acids is 1. The molecule has 1 unspecified atom stereocenters. The first-order valence-corrected chi connectivity index (χ1v) is 6.19. The first-order chi connectivity index (χ1) is 8.69. The SMILES string of the molecule is Cc1ccc(C(C)NNC(=O)OC(C)(C)C)cc1F. The fourth-order valence-electron chi connectivity index (χ4n) is 1.43. The maximum atomic E-state index is 13.4. The minimum absolute atomic E-state index is 0.220. The smallest absolute Gasteiger partial charge is 0.422 e. The Hall–Kier alpha value is -1.62. The number of hydrogen-bond donors (Lipinski definition) is 2. The van der Waals surface area contributed by atoms with Gasteiger partial charge >= 0.3 is 6.09 Å². The summed E-state index contributed by atoms with van der Waals surface area (Å²) in [5.41, 5.74) is 6.01. The van der Waals surface area contributed by atoms with Crippen molar-refractivity contribution in [3.63, 3.8) is 0 Å². The van der Waals surface area contributed by atoms with Crippen LogP contribution in [-0.4, -0.2) is 11.7 Å². The van der Waals surface area contributed by atoms with Crippen molar-refractivity contribution in [2.24, 2.45) is 0 Å². The molecule has 1 rings (SSSR count). The van der Waals surface area contributed by atoms with Crippen LogP contribution < -0.4 is 10.9 Å². The van der Waals surface area contributed by atoms with E-state index >= 15 is 0 Å². The van der Waals surface area contributed by atoms with Gasteiger partial charge in [-0.3, -0.25) is 5.43 Å². The molecule has 0 saturated carbocycles. The summed E-state index contributed by atoms with van der Waals surface area (Å²) in [5.74, 6) is -0.261. The van der Waals surface area contributed by atoms with E-state index < -0.39 is 11.7 Å². The Bertz CT molecular complexity index is 455. The predicted molar refractivity (Wildman–Crippen MR) is 72.1 cm³/mol. The van der Waals surface area contributed by atoms with Crippen molar-refractivity contribution in [3.8, 4) is 0 Å². The van der Waals surface area contributed by atoms with Crippen LogP contribution in [0.15, 0.2) is 18.2 Å². The Morgan fingerprint density at radius 1 is 1.37 bits per heavy atom. The molecule has 0 saturated heterocycles. The summed E-state index contributed by atoms with van der Waals surface area (Å²) < 4.78 is 18.5. The molecule has 1 aromatic rings. The van der Waals surface area contributed by atoms with Gasteiger partial charge in [-0.25, -0.2) is 14.6 Å². The second-order valence-corrected chi connectivity index (χ2v) is 5.50. The zero-order valence-electron chi connectivity index (χ0n) is 12.0. The Balaban J connectivity index is 2.53. The van der Waals surface area contributed by atoms with Gasteiger partial charge in [-0.15, -0.1) is 0 Å². The van der Waals surface area contributed by atoms with Crippen molar-refractivity contribution in [2.45, 2.75) is 46.3 Å². The number of rotatable bonds is 3. The van der Waals surface area contributed by atoms with Gasteiger partial charge in [0, 0.05) is 6.04 Å². The second-order valence-electron chi connectivity index (χ2n) is 5.50. The zero-order valence-corrected chi connectivity index (χ0v) is 12.0. The normalized spacial score (nSPS) is 12.9. The molecule has 0 aliphatic carbocycles. The van der Waals surface area contributed by atoms with Gasteiger partial charge in [0.2, 0.25) is 0 Å². The third kappa shape index (κ3) is 5.26. The zero-order chi connectivity index (χ0) is 14.6. The fraction of sp³-hybridized carbons (Fsp3) is 0.500. The average Bonchev–Trinajstić information content (AvgIpc) is 2.27. The quantitative estimate of drug-likeness (QED) is 0.827. The maximum absolute atomic E-state index is 13.4. The van der Waals surface area contributed by atoms with Crippen LogP contribution in [0.4, 0.5) is 9.18 Å². The van der Waals surface area contributed by atoms with Crippen molar-refractivity contribution in [1.29, 1.82) is 0 Å². The van der Waals surface area contributed by atoms with Crippen LogP contribution in [0.1, 0.15) is 44.9 Å². The van der Waals surface area contributed by atoms with Gasteiger partial charge in [-0.05, 0) is 51.8 Å². The minimum atomic E-state index is -0.563. The summed E-state index contributed by atoms with van der Waals surface area (Å²) in [7, 11) is 0. The summed E-state index contributed by atoms with van der Waals surface area (Å²) in [5, 5.41) is 0. The van der Waals surface area contributed by atoms with Crippen LogP contribution in [0, 0.1) is 12.7 Å². The lowest BCUT2D eigenvalue weighted by Gasteiger charge is -2.21. The largest absolute Gasteiger partial charge is 0.443 e. The Morgan fingerprint density at radius 2 is 2.00 bits per heavy atom. The molecule has 0 spiro atoms. The number of hydrazine groups is 1. The van der Waals surface area contributed by atoms with Gasteiger partial charge in [-0.2, -0.15) is 0 Å². The van der Waals surface area contributed by atoms with E-state index in [-0.39, 0.29) is 11.9 Å². The lowest BCUT2D eigenvalue weighted by molar-refractivity contribution is 0.0489. The molecular formula is C14H21FN2O2. The summed E-state index contributed by atoms with van der Waals surface area (Å²) in [6.45, 7) is 8.87. The van der Waals surface area contributed by atoms with Crippen LogP contribution in [0.2, 0.25) is 0 Å². The van der Waals surface area contributed by atoms with Crippen LogP contribution >= 0.6 is 0 Å². The van der Waals surface area contributed by atoms with E-state index in [1.54, 1.807) is 33.8 Å². The minimum Gasteiger partial charge on any atom is -0.443 e. The fourth-order valence-corrected chi connectivity index (χ4v) is 1.43. The van der Waals surface area contributed by atoms with Gasteiger partial charge in [0.25, 0.3) is 0 Å². The Labute approximate surface area is 113 Å². The highest BCUT2D eigenvalue weighted by atomic mass is 19.1. The van der Waals surface area contributed by atoms with Gasteiger partial charge in [-0.1, -0.05) is 12.1 Å². The van der Waals surface area contributed by atoms with Crippen molar-refractivity contribution in [1.82, 2.24) is 10.9 Å². The number of hydrogen-bond acceptors (Lipinski definition) is 3. The highest BCUT2D eigenvalue weighted by molar-refractivity contribution is 5.67. The van der Waals surface area contributed by atoms with E-state index in [2.05, 4.69) is 10.9 Å². The van der Waals surface area contributed by atoms with E-state index in [4.69, 9.17) is 4.74 Å². The highest BCUT2D eigenvalue weighted by Gasteiger charge is 2.16. The molecule has 0 aliphatic rings. The molecule has 0 heterocycles. The molecule has 1 amide bonds. The van der Waals surface area contributed by atoms with Gasteiger partial charge < -0.3 is 4.74 Å². The Morgan fingerprint density at radius 3 is 2.53 bits per heavy atom. The molecule has 19 heavy (non-hydrogen) atoms. The monoisotopic (exact) mass is 268 g/mol. The molecular weight excluding hydrogens is 247 g/mol. The predicted octanol–water partition coefficient (Wildman–Crippen LogP) is 3.22. The molecule has 0 radical (unpaired) electrons. The maximum Gasteiger partial charge on any atom is 0.422 e. The third-order valence-corrected chi connectivity index (χ3v) is 2.49. The van der Waals surface area contributed by atoms with E-state index in [0.29, 0.717) is 5.56 Å². The molecule has 1 atom stereocenters. The molecule has 4 nitrogen and oxygen atoms in total.